The van der Waals surface area contributed by atoms with E-state index in [2.05, 4.69) is 42.0 Å². The number of aromatic nitrogens is 4. The molecule has 1 saturated heterocycles. The van der Waals surface area contributed by atoms with E-state index in [0.29, 0.717) is 28.6 Å². The van der Waals surface area contributed by atoms with Crippen LogP contribution in [0.5, 0.6) is 0 Å². The third kappa shape index (κ3) is 5.35. The number of aromatic amines is 1. The Morgan fingerprint density at radius 3 is 2.65 bits per heavy atom. The number of H-pyrrole nitrogens is 1. The first-order valence-corrected chi connectivity index (χ1v) is 12.1. The molecule has 9 nitrogen and oxygen atoms in total. The molecule has 3 aromatic heterocycles. The molecule has 3 aromatic rings. The number of rotatable bonds is 7. The van der Waals surface area contributed by atoms with E-state index in [-0.39, 0.29) is 11.1 Å². The average molecular weight is 476 g/mol. The van der Waals surface area contributed by atoms with Crippen LogP contribution in [0.15, 0.2) is 53.8 Å². The normalized spacial score (nSPS) is 21.6. The van der Waals surface area contributed by atoms with Crippen molar-refractivity contribution >= 4 is 34.9 Å². The van der Waals surface area contributed by atoms with E-state index in [1.54, 1.807) is 18.3 Å². The molecule has 4 N–H and O–H groups in total. The lowest BCUT2D eigenvalue weighted by molar-refractivity contribution is -0.115. The van der Waals surface area contributed by atoms with Gasteiger partial charge >= 0.3 is 0 Å². The summed E-state index contributed by atoms with van der Waals surface area (Å²) < 4.78 is 0. The summed E-state index contributed by atoms with van der Waals surface area (Å²) in [6.45, 7) is 0.777. The van der Waals surface area contributed by atoms with Crippen molar-refractivity contribution in [3.63, 3.8) is 0 Å². The van der Waals surface area contributed by atoms with E-state index in [0.717, 1.165) is 55.4 Å². The van der Waals surface area contributed by atoms with E-state index in [1.807, 2.05) is 30.6 Å². The topological polar surface area (TPSA) is 125 Å². The number of carbonyl (C=O) groups excluding carboxylic acids is 2. The Hall–Kier alpha value is -3.50. The minimum absolute atomic E-state index is 0.291. The van der Waals surface area contributed by atoms with Crippen molar-refractivity contribution in [3.05, 3.63) is 65.1 Å². The smallest absolute Gasteiger partial charge is 0.290 e. The molecule has 1 saturated carbocycles. The first kappa shape index (κ1) is 22.3. The molecule has 174 valence electrons. The number of amides is 2. The molecule has 0 bridgehead atoms. The van der Waals surface area contributed by atoms with Crippen LogP contribution in [0.3, 0.4) is 0 Å². The fourth-order valence-corrected chi connectivity index (χ4v) is 4.92. The molecule has 0 spiro atoms. The van der Waals surface area contributed by atoms with Gasteiger partial charge in [-0.2, -0.15) is 0 Å². The number of nitrogens with zero attached hydrogens (tertiary/aromatic N) is 3. The second-order valence-electron chi connectivity index (χ2n) is 8.33. The van der Waals surface area contributed by atoms with Crippen molar-refractivity contribution in [2.24, 2.45) is 0 Å². The Morgan fingerprint density at radius 1 is 1.03 bits per heavy atom. The van der Waals surface area contributed by atoms with Crippen molar-refractivity contribution in [3.8, 4) is 11.4 Å². The van der Waals surface area contributed by atoms with E-state index < -0.39 is 0 Å². The third-order valence-electron chi connectivity index (χ3n) is 5.98. The lowest BCUT2D eigenvalue weighted by atomic mass is 9.91. The predicted octanol–water partition coefficient (Wildman–Crippen LogP) is 3.70. The van der Waals surface area contributed by atoms with Crippen LogP contribution in [0.4, 0.5) is 10.7 Å². The Bertz CT molecular complexity index is 1200. The molecular weight excluding hydrogens is 450 g/mol. The average Bonchev–Trinajstić information content (AvgIpc) is 3.49. The highest BCUT2D eigenvalue weighted by Gasteiger charge is 2.25. The van der Waals surface area contributed by atoms with Crippen LogP contribution in [0.1, 0.15) is 36.9 Å². The summed E-state index contributed by atoms with van der Waals surface area (Å²) in [6, 6.07) is 10.6. The molecule has 5 rings (SSSR count). The molecule has 4 heterocycles. The van der Waals surface area contributed by atoms with Crippen LogP contribution in [0, 0.1) is 0 Å². The zero-order valence-corrected chi connectivity index (χ0v) is 19.3. The van der Waals surface area contributed by atoms with E-state index >= 15 is 0 Å². The van der Waals surface area contributed by atoms with Gasteiger partial charge in [-0.25, -0.2) is 9.97 Å². The highest BCUT2D eigenvalue weighted by atomic mass is 32.2. The van der Waals surface area contributed by atoms with Crippen LogP contribution in [-0.4, -0.2) is 43.2 Å². The molecule has 2 fully saturated rings. The van der Waals surface area contributed by atoms with Crippen molar-refractivity contribution < 1.29 is 9.59 Å². The summed E-state index contributed by atoms with van der Waals surface area (Å²) in [5.41, 5.74) is 3.79. The summed E-state index contributed by atoms with van der Waals surface area (Å²) in [4.78, 5) is 40.0. The van der Waals surface area contributed by atoms with Gasteiger partial charge in [0.1, 0.15) is 0 Å². The van der Waals surface area contributed by atoms with E-state index in [4.69, 9.17) is 0 Å². The molecule has 2 amide bonds. The quantitative estimate of drug-likeness (QED) is 0.381. The Balaban J connectivity index is 1.13. The van der Waals surface area contributed by atoms with Gasteiger partial charge < -0.3 is 15.6 Å². The zero-order valence-electron chi connectivity index (χ0n) is 18.5. The van der Waals surface area contributed by atoms with Gasteiger partial charge in [0.05, 0.1) is 22.0 Å². The molecule has 0 atom stereocenters. The summed E-state index contributed by atoms with van der Waals surface area (Å²) in [5.74, 6) is 0.145. The SMILES string of the molecule is O=C1NC(=O)/C(=C/c2ccnc(NC3CCC(NCc4cccnc4-c4ccc[nH]4)CC3)n2)S1. The summed E-state index contributed by atoms with van der Waals surface area (Å²) >= 11 is 0.881. The monoisotopic (exact) mass is 475 g/mol. The van der Waals surface area contributed by atoms with Crippen molar-refractivity contribution in [1.82, 2.24) is 30.6 Å². The fraction of sp³-hybridized carbons (Fsp3) is 0.292. The van der Waals surface area contributed by atoms with Gasteiger partial charge in [0.15, 0.2) is 0 Å². The number of anilines is 1. The summed E-state index contributed by atoms with van der Waals surface area (Å²) in [5, 5.41) is 9.00. The second kappa shape index (κ2) is 10.2. The van der Waals surface area contributed by atoms with Gasteiger partial charge in [-0.1, -0.05) is 6.07 Å². The number of imide groups is 1. The summed E-state index contributed by atoms with van der Waals surface area (Å²) in [6.07, 6.45) is 11.1. The van der Waals surface area contributed by atoms with Crippen LogP contribution >= 0.6 is 11.8 Å². The van der Waals surface area contributed by atoms with Gasteiger partial charge in [0.25, 0.3) is 11.1 Å². The lowest BCUT2D eigenvalue weighted by Gasteiger charge is -2.30. The minimum atomic E-state index is -0.389. The second-order valence-corrected chi connectivity index (χ2v) is 9.34. The van der Waals surface area contributed by atoms with Crippen molar-refractivity contribution in [2.75, 3.05) is 5.32 Å². The maximum Gasteiger partial charge on any atom is 0.290 e. The zero-order chi connectivity index (χ0) is 23.3. The Labute approximate surface area is 201 Å². The van der Waals surface area contributed by atoms with Crippen LogP contribution < -0.4 is 16.0 Å². The highest BCUT2D eigenvalue weighted by molar-refractivity contribution is 8.18. The number of thioether (sulfide) groups is 1. The molecule has 1 aliphatic carbocycles. The van der Waals surface area contributed by atoms with Crippen LogP contribution in [0.25, 0.3) is 17.5 Å². The molecular formula is C24H25N7O2S. The molecule has 0 unspecified atom stereocenters. The van der Waals surface area contributed by atoms with Gasteiger partial charge in [0.2, 0.25) is 5.95 Å². The Morgan fingerprint density at radius 2 is 1.88 bits per heavy atom. The van der Waals surface area contributed by atoms with Gasteiger partial charge in [-0.05, 0) is 73.4 Å². The number of hydrogen-bond acceptors (Lipinski definition) is 8. The Kier molecular flexibility index (Phi) is 6.68. The number of carbonyl (C=O) groups is 2. The third-order valence-corrected chi connectivity index (χ3v) is 6.79. The van der Waals surface area contributed by atoms with E-state index in [1.165, 1.54) is 5.56 Å². The number of pyridine rings is 1. The molecule has 10 heteroatoms. The van der Waals surface area contributed by atoms with Crippen LogP contribution in [0.2, 0.25) is 0 Å². The number of hydrogen-bond donors (Lipinski definition) is 4. The van der Waals surface area contributed by atoms with Gasteiger partial charge in [-0.3, -0.25) is 19.9 Å². The largest absolute Gasteiger partial charge is 0.360 e. The number of nitrogens with one attached hydrogen (secondary N) is 4. The standard InChI is InChI=1S/C24H25N7O2S/c32-22-20(34-24(33)31-22)13-18-9-12-27-23(30-18)29-17-7-5-16(6-8-17)28-14-15-3-1-11-26-21(15)19-4-2-10-25-19/h1-4,9-13,16-17,25,28H,5-8,14H2,(H,27,29,30)(H,31,32,33)/b20-13-. The fourth-order valence-electron chi connectivity index (χ4n) is 4.26. The molecule has 34 heavy (non-hydrogen) atoms. The maximum absolute atomic E-state index is 11.8. The lowest BCUT2D eigenvalue weighted by Crippen LogP contribution is -2.37. The van der Waals surface area contributed by atoms with E-state index in [9.17, 15) is 9.59 Å². The van der Waals surface area contributed by atoms with Crippen molar-refractivity contribution in [1.29, 1.82) is 0 Å². The van der Waals surface area contributed by atoms with Crippen LogP contribution in [-0.2, 0) is 11.3 Å². The molecule has 0 radical (unpaired) electrons. The molecule has 1 aliphatic heterocycles. The molecule has 0 aromatic carbocycles. The highest BCUT2D eigenvalue weighted by Crippen LogP contribution is 2.26. The summed E-state index contributed by atoms with van der Waals surface area (Å²) in [7, 11) is 0. The minimum Gasteiger partial charge on any atom is -0.360 e. The first-order chi connectivity index (χ1) is 16.6. The maximum atomic E-state index is 11.8. The first-order valence-electron chi connectivity index (χ1n) is 11.3. The van der Waals surface area contributed by atoms with Gasteiger partial charge in [0, 0.05) is 37.2 Å². The predicted molar refractivity (Wildman–Crippen MR) is 132 cm³/mol. The van der Waals surface area contributed by atoms with Gasteiger partial charge in [-0.15, -0.1) is 0 Å². The molecule has 2 aliphatic rings. The van der Waals surface area contributed by atoms with Crippen molar-refractivity contribution in [2.45, 2.75) is 44.3 Å².